The van der Waals surface area contributed by atoms with Gasteiger partial charge in [-0.15, -0.1) is 0 Å². The standard InChI is InChI=1S/C14H9BrClN3/c15-11-3-1-10-8-12(4-2-9(10)7-11)19-14-13(16)17-5-6-18-14/h1-8H,(H,18,19). The lowest BCUT2D eigenvalue weighted by Gasteiger charge is -2.07. The second kappa shape index (κ2) is 5.15. The third-order valence-electron chi connectivity index (χ3n) is 2.72. The second-order valence-corrected chi connectivity index (χ2v) is 5.30. The largest absolute Gasteiger partial charge is 0.338 e. The van der Waals surface area contributed by atoms with Gasteiger partial charge in [-0.25, -0.2) is 9.97 Å². The van der Waals surface area contributed by atoms with Crippen LogP contribution in [0.5, 0.6) is 0 Å². The maximum Gasteiger partial charge on any atom is 0.171 e. The Bertz CT molecular complexity index is 746. The van der Waals surface area contributed by atoms with E-state index in [0.717, 1.165) is 15.5 Å². The van der Waals surface area contributed by atoms with Crippen molar-refractivity contribution >= 4 is 49.8 Å². The van der Waals surface area contributed by atoms with Gasteiger partial charge < -0.3 is 5.32 Å². The number of hydrogen-bond donors (Lipinski definition) is 1. The Hall–Kier alpha value is -1.65. The number of anilines is 2. The number of aromatic nitrogens is 2. The molecule has 0 fully saturated rings. The molecule has 1 N–H and O–H groups in total. The molecule has 5 heteroatoms. The van der Waals surface area contributed by atoms with Gasteiger partial charge in [-0.2, -0.15) is 0 Å². The van der Waals surface area contributed by atoms with E-state index < -0.39 is 0 Å². The Morgan fingerprint density at radius 2 is 1.68 bits per heavy atom. The molecule has 2 aromatic carbocycles. The molecule has 0 amide bonds. The first kappa shape index (κ1) is 12.4. The van der Waals surface area contributed by atoms with Crippen LogP contribution in [0.15, 0.2) is 53.3 Å². The minimum absolute atomic E-state index is 0.360. The Morgan fingerprint density at radius 3 is 2.53 bits per heavy atom. The van der Waals surface area contributed by atoms with Crippen LogP contribution in [0.1, 0.15) is 0 Å². The summed E-state index contributed by atoms with van der Waals surface area (Å²) in [6.45, 7) is 0. The summed E-state index contributed by atoms with van der Waals surface area (Å²) in [6, 6.07) is 12.2. The summed E-state index contributed by atoms with van der Waals surface area (Å²) < 4.78 is 1.07. The van der Waals surface area contributed by atoms with Crippen molar-refractivity contribution in [3.8, 4) is 0 Å². The van der Waals surface area contributed by atoms with Crippen molar-refractivity contribution in [1.29, 1.82) is 0 Å². The number of hydrogen-bond acceptors (Lipinski definition) is 3. The van der Waals surface area contributed by atoms with Crippen LogP contribution in [0.3, 0.4) is 0 Å². The molecule has 0 unspecified atom stereocenters. The van der Waals surface area contributed by atoms with Crippen LogP contribution >= 0.6 is 27.5 Å². The highest BCUT2D eigenvalue weighted by Gasteiger charge is 2.03. The summed E-state index contributed by atoms with van der Waals surface area (Å²) >= 11 is 9.43. The van der Waals surface area contributed by atoms with Crippen LogP contribution in [0, 0.1) is 0 Å². The molecule has 0 bridgehead atoms. The molecule has 3 rings (SSSR count). The number of rotatable bonds is 2. The zero-order valence-corrected chi connectivity index (χ0v) is 12.1. The fraction of sp³-hybridized carbons (Fsp3) is 0. The predicted molar refractivity (Wildman–Crippen MR) is 82.0 cm³/mol. The van der Waals surface area contributed by atoms with Gasteiger partial charge in [0.05, 0.1) is 0 Å². The lowest BCUT2D eigenvalue weighted by Crippen LogP contribution is -1.95. The molecule has 0 spiro atoms. The maximum absolute atomic E-state index is 5.97. The fourth-order valence-electron chi connectivity index (χ4n) is 1.84. The highest BCUT2D eigenvalue weighted by atomic mass is 79.9. The highest BCUT2D eigenvalue weighted by molar-refractivity contribution is 9.10. The first-order valence-corrected chi connectivity index (χ1v) is 6.82. The molecule has 3 aromatic rings. The first-order valence-electron chi connectivity index (χ1n) is 5.65. The molecule has 0 aliphatic rings. The highest BCUT2D eigenvalue weighted by Crippen LogP contribution is 2.26. The number of nitrogens with zero attached hydrogens (tertiary/aromatic N) is 2. The van der Waals surface area contributed by atoms with E-state index in [-0.39, 0.29) is 0 Å². The number of nitrogens with one attached hydrogen (secondary N) is 1. The maximum atomic E-state index is 5.97. The van der Waals surface area contributed by atoms with Crippen molar-refractivity contribution in [1.82, 2.24) is 9.97 Å². The third kappa shape index (κ3) is 2.69. The average molecular weight is 335 g/mol. The summed E-state index contributed by atoms with van der Waals surface area (Å²) in [7, 11) is 0. The SMILES string of the molecule is Clc1nccnc1Nc1ccc2cc(Br)ccc2c1. The lowest BCUT2D eigenvalue weighted by atomic mass is 10.1. The Labute approximate surface area is 123 Å². The summed E-state index contributed by atoms with van der Waals surface area (Å²) in [4.78, 5) is 8.14. The number of fused-ring (bicyclic) bond motifs is 1. The van der Waals surface area contributed by atoms with E-state index in [2.05, 4.69) is 43.3 Å². The minimum atomic E-state index is 0.360. The topological polar surface area (TPSA) is 37.8 Å². The summed E-state index contributed by atoms with van der Waals surface area (Å²) in [5, 5.41) is 5.84. The van der Waals surface area contributed by atoms with Crippen molar-refractivity contribution < 1.29 is 0 Å². The quantitative estimate of drug-likeness (QED) is 0.732. The van der Waals surface area contributed by atoms with E-state index in [1.165, 1.54) is 5.39 Å². The van der Waals surface area contributed by atoms with E-state index in [1.54, 1.807) is 12.4 Å². The molecule has 0 radical (unpaired) electrons. The Morgan fingerprint density at radius 1 is 0.947 bits per heavy atom. The number of benzene rings is 2. The van der Waals surface area contributed by atoms with Gasteiger partial charge in [0.2, 0.25) is 0 Å². The van der Waals surface area contributed by atoms with Crippen molar-refractivity contribution in [2.24, 2.45) is 0 Å². The lowest BCUT2D eigenvalue weighted by molar-refractivity contribution is 1.20. The van der Waals surface area contributed by atoms with Gasteiger partial charge in [0.1, 0.15) is 0 Å². The van der Waals surface area contributed by atoms with Crippen LogP contribution in [0.25, 0.3) is 10.8 Å². The molecule has 19 heavy (non-hydrogen) atoms. The average Bonchev–Trinajstić information content (AvgIpc) is 2.41. The van der Waals surface area contributed by atoms with Crippen LogP contribution in [-0.4, -0.2) is 9.97 Å². The summed E-state index contributed by atoms with van der Waals surface area (Å²) in [5.41, 5.74) is 0.928. The van der Waals surface area contributed by atoms with Gasteiger partial charge >= 0.3 is 0 Å². The van der Waals surface area contributed by atoms with Gasteiger partial charge in [0.25, 0.3) is 0 Å². The van der Waals surface area contributed by atoms with Gasteiger partial charge in [-0.3, -0.25) is 0 Å². The van der Waals surface area contributed by atoms with Gasteiger partial charge in [0, 0.05) is 22.6 Å². The van der Waals surface area contributed by atoms with E-state index >= 15 is 0 Å². The molecule has 1 aromatic heterocycles. The summed E-state index contributed by atoms with van der Waals surface area (Å²) in [5.74, 6) is 0.556. The Kier molecular flexibility index (Phi) is 3.36. The molecule has 0 atom stereocenters. The molecule has 3 nitrogen and oxygen atoms in total. The van der Waals surface area contributed by atoms with Crippen LogP contribution in [0.4, 0.5) is 11.5 Å². The molecule has 0 aliphatic carbocycles. The van der Waals surface area contributed by atoms with Crippen LogP contribution in [0.2, 0.25) is 5.15 Å². The molecule has 0 aliphatic heterocycles. The number of halogens is 2. The first-order chi connectivity index (χ1) is 9.22. The van der Waals surface area contributed by atoms with Crippen molar-refractivity contribution in [2.75, 3.05) is 5.32 Å². The molecule has 1 heterocycles. The monoisotopic (exact) mass is 333 g/mol. The normalized spacial score (nSPS) is 10.6. The zero-order valence-electron chi connectivity index (χ0n) is 9.77. The Balaban J connectivity index is 1.98. The molecular weight excluding hydrogens is 326 g/mol. The smallest absolute Gasteiger partial charge is 0.171 e. The van der Waals surface area contributed by atoms with Gasteiger partial charge in [0.15, 0.2) is 11.0 Å². The zero-order chi connectivity index (χ0) is 13.2. The van der Waals surface area contributed by atoms with E-state index in [4.69, 9.17) is 11.6 Å². The van der Waals surface area contributed by atoms with Crippen LogP contribution < -0.4 is 5.32 Å². The van der Waals surface area contributed by atoms with Crippen LogP contribution in [-0.2, 0) is 0 Å². The minimum Gasteiger partial charge on any atom is -0.338 e. The molecule has 0 saturated heterocycles. The van der Waals surface area contributed by atoms with E-state index in [0.29, 0.717) is 11.0 Å². The van der Waals surface area contributed by atoms with Crippen molar-refractivity contribution in [3.05, 3.63) is 58.4 Å². The predicted octanol–water partition coefficient (Wildman–Crippen LogP) is 4.79. The summed E-state index contributed by atoms with van der Waals surface area (Å²) in [6.07, 6.45) is 3.16. The second-order valence-electron chi connectivity index (χ2n) is 4.03. The van der Waals surface area contributed by atoms with Crippen molar-refractivity contribution in [2.45, 2.75) is 0 Å². The van der Waals surface area contributed by atoms with Gasteiger partial charge in [-0.05, 0) is 35.0 Å². The van der Waals surface area contributed by atoms with Crippen molar-refractivity contribution in [3.63, 3.8) is 0 Å². The fourth-order valence-corrected chi connectivity index (χ4v) is 2.37. The molecule has 0 saturated carbocycles. The van der Waals surface area contributed by atoms with E-state index in [9.17, 15) is 0 Å². The van der Waals surface area contributed by atoms with E-state index in [1.807, 2.05) is 24.3 Å². The molecular formula is C14H9BrClN3. The third-order valence-corrected chi connectivity index (χ3v) is 3.49. The van der Waals surface area contributed by atoms with Gasteiger partial charge in [-0.1, -0.05) is 39.7 Å². The molecule has 94 valence electrons.